The lowest BCUT2D eigenvalue weighted by atomic mass is 9.93. The highest BCUT2D eigenvalue weighted by molar-refractivity contribution is 5.76. The molecule has 0 heterocycles. The first-order valence-corrected chi connectivity index (χ1v) is 6.38. The molecule has 18 heavy (non-hydrogen) atoms. The van der Waals surface area contributed by atoms with Gasteiger partial charge in [0, 0.05) is 12.1 Å². The Balaban J connectivity index is 2.31. The first-order chi connectivity index (χ1) is 8.40. The molecule has 4 N–H and O–H groups in total. The van der Waals surface area contributed by atoms with Crippen LogP contribution in [0.1, 0.15) is 39.5 Å². The summed E-state index contributed by atoms with van der Waals surface area (Å²) < 4.78 is 0. The van der Waals surface area contributed by atoms with Gasteiger partial charge in [-0.2, -0.15) is 0 Å². The van der Waals surface area contributed by atoms with Gasteiger partial charge in [-0.3, -0.25) is 4.79 Å². The second kappa shape index (κ2) is 6.58. The van der Waals surface area contributed by atoms with Gasteiger partial charge in [-0.1, -0.05) is 0 Å². The number of aliphatic carboxylic acids is 1. The van der Waals surface area contributed by atoms with Crippen molar-refractivity contribution >= 4 is 12.0 Å². The van der Waals surface area contributed by atoms with Crippen molar-refractivity contribution in [3.63, 3.8) is 0 Å². The number of amides is 2. The van der Waals surface area contributed by atoms with Gasteiger partial charge < -0.3 is 20.8 Å². The number of carbonyl (C=O) groups is 2. The lowest BCUT2D eigenvalue weighted by Gasteiger charge is -2.27. The maximum atomic E-state index is 11.7. The molecule has 104 valence electrons. The molecule has 0 radical (unpaired) electrons. The Morgan fingerprint density at radius 1 is 1.17 bits per heavy atom. The minimum Gasteiger partial charge on any atom is -0.481 e. The highest BCUT2D eigenvalue weighted by Gasteiger charge is 2.24. The summed E-state index contributed by atoms with van der Waals surface area (Å²) in [6.07, 6.45) is 2.67. The van der Waals surface area contributed by atoms with Crippen LogP contribution in [-0.2, 0) is 4.79 Å². The molecule has 0 aromatic rings. The molecular weight excluding hydrogens is 236 g/mol. The third-order valence-electron chi connectivity index (χ3n) is 3.53. The molecule has 1 aliphatic carbocycles. The molecule has 2 unspecified atom stereocenters. The second-order valence-corrected chi connectivity index (χ2v) is 5.04. The molecule has 6 heteroatoms. The lowest BCUT2D eigenvalue weighted by molar-refractivity contribution is -0.141. The van der Waals surface area contributed by atoms with E-state index >= 15 is 0 Å². The van der Waals surface area contributed by atoms with Crippen molar-refractivity contribution in [2.45, 2.75) is 57.7 Å². The van der Waals surface area contributed by atoms with E-state index in [-0.39, 0.29) is 18.2 Å². The highest BCUT2D eigenvalue weighted by atomic mass is 16.4. The maximum Gasteiger partial charge on any atom is 0.315 e. The number of aliphatic hydroxyl groups is 1. The summed E-state index contributed by atoms with van der Waals surface area (Å²) in [6.45, 7) is 3.23. The molecule has 0 aliphatic heterocycles. The van der Waals surface area contributed by atoms with Gasteiger partial charge in [0.15, 0.2) is 0 Å². The first kappa shape index (κ1) is 14.8. The molecule has 2 amide bonds. The summed E-state index contributed by atoms with van der Waals surface area (Å²) >= 11 is 0. The van der Waals surface area contributed by atoms with E-state index < -0.39 is 17.9 Å². The fourth-order valence-corrected chi connectivity index (χ4v) is 1.99. The Bertz CT molecular complexity index is 300. The van der Waals surface area contributed by atoms with Crippen LogP contribution in [-0.4, -0.2) is 40.4 Å². The van der Waals surface area contributed by atoms with Crippen molar-refractivity contribution in [3.8, 4) is 0 Å². The van der Waals surface area contributed by atoms with Crippen molar-refractivity contribution in [1.29, 1.82) is 0 Å². The van der Waals surface area contributed by atoms with Crippen molar-refractivity contribution < 1.29 is 19.8 Å². The van der Waals surface area contributed by atoms with Crippen LogP contribution in [0.15, 0.2) is 0 Å². The molecular formula is C12H22N2O4. The Labute approximate surface area is 107 Å². The Morgan fingerprint density at radius 2 is 1.72 bits per heavy atom. The van der Waals surface area contributed by atoms with Crippen LogP contribution in [0.3, 0.4) is 0 Å². The first-order valence-electron chi connectivity index (χ1n) is 6.38. The molecule has 6 nitrogen and oxygen atoms in total. The van der Waals surface area contributed by atoms with Crippen LogP contribution in [0.2, 0.25) is 0 Å². The van der Waals surface area contributed by atoms with E-state index in [2.05, 4.69) is 10.6 Å². The molecule has 1 fully saturated rings. The van der Waals surface area contributed by atoms with Crippen LogP contribution in [0.4, 0.5) is 4.79 Å². The van der Waals surface area contributed by atoms with E-state index in [1.807, 2.05) is 0 Å². The van der Waals surface area contributed by atoms with Gasteiger partial charge in [-0.15, -0.1) is 0 Å². The zero-order valence-electron chi connectivity index (χ0n) is 10.8. The molecule has 0 bridgehead atoms. The van der Waals surface area contributed by atoms with E-state index in [9.17, 15) is 14.7 Å². The summed E-state index contributed by atoms with van der Waals surface area (Å²) in [5.41, 5.74) is 0. The predicted octanol–water partition coefficient (Wildman–Crippen LogP) is 0.698. The Hall–Kier alpha value is -1.30. The van der Waals surface area contributed by atoms with E-state index in [1.165, 1.54) is 0 Å². The van der Waals surface area contributed by atoms with E-state index in [4.69, 9.17) is 5.11 Å². The maximum absolute atomic E-state index is 11.7. The molecule has 1 aliphatic rings. The van der Waals surface area contributed by atoms with Gasteiger partial charge >= 0.3 is 12.0 Å². The number of rotatable bonds is 4. The smallest absolute Gasteiger partial charge is 0.315 e. The quantitative estimate of drug-likeness (QED) is 0.596. The van der Waals surface area contributed by atoms with Gasteiger partial charge in [0.1, 0.15) is 0 Å². The van der Waals surface area contributed by atoms with Crippen LogP contribution < -0.4 is 10.6 Å². The molecule has 0 aromatic carbocycles. The second-order valence-electron chi connectivity index (χ2n) is 5.04. The number of carboxylic acid groups (broad SMARTS) is 1. The Kier molecular flexibility index (Phi) is 5.40. The monoisotopic (exact) mass is 258 g/mol. The van der Waals surface area contributed by atoms with Gasteiger partial charge in [0.05, 0.1) is 12.0 Å². The minimum absolute atomic E-state index is 0.0701. The van der Waals surface area contributed by atoms with Crippen LogP contribution in [0, 0.1) is 5.92 Å². The van der Waals surface area contributed by atoms with Gasteiger partial charge in [-0.25, -0.2) is 4.79 Å². The summed E-state index contributed by atoms with van der Waals surface area (Å²) in [6, 6.07) is -0.686. The van der Waals surface area contributed by atoms with Crippen molar-refractivity contribution in [3.05, 3.63) is 0 Å². The summed E-state index contributed by atoms with van der Waals surface area (Å²) in [5.74, 6) is -1.55. The van der Waals surface area contributed by atoms with E-state index in [0.717, 1.165) is 12.8 Å². The van der Waals surface area contributed by atoms with E-state index in [1.54, 1.807) is 13.8 Å². The third kappa shape index (κ3) is 4.52. The molecule has 0 spiro atoms. The molecule has 0 saturated heterocycles. The predicted molar refractivity (Wildman–Crippen MR) is 66.2 cm³/mol. The summed E-state index contributed by atoms with van der Waals surface area (Å²) in [7, 11) is 0. The standard InChI is InChI=1S/C12H22N2O4/c1-7(11(16)17)8(2)13-12(18)14-9-3-5-10(15)6-4-9/h7-10,15H,3-6H2,1-2H3,(H,16,17)(H2,13,14,18). The fraction of sp³-hybridized carbons (Fsp3) is 0.833. The van der Waals surface area contributed by atoms with Gasteiger partial charge in [0.2, 0.25) is 0 Å². The minimum atomic E-state index is -0.927. The zero-order valence-corrected chi connectivity index (χ0v) is 10.8. The summed E-state index contributed by atoms with van der Waals surface area (Å²) in [4.78, 5) is 22.4. The molecule has 0 aromatic heterocycles. The molecule has 1 rings (SSSR count). The number of nitrogens with one attached hydrogen (secondary N) is 2. The third-order valence-corrected chi connectivity index (χ3v) is 3.53. The normalized spacial score (nSPS) is 27.1. The van der Waals surface area contributed by atoms with Crippen molar-refractivity contribution in [2.75, 3.05) is 0 Å². The Morgan fingerprint density at radius 3 is 2.22 bits per heavy atom. The molecule has 1 saturated carbocycles. The number of aliphatic hydroxyl groups excluding tert-OH is 1. The number of hydrogen-bond donors (Lipinski definition) is 4. The van der Waals surface area contributed by atoms with Crippen LogP contribution >= 0.6 is 0 Å². The van der Waals surface area contributed by atoms with Crippen LogP contribution in [0.25, 0.3) is 0 Å². The SMILES string of the molecule is CC(NC(=O)NC1CCC(O)CC1)C(C)C(=O)O. The van der Waals surface area contributed by atoms with E-state index in [0.29, 0.717) is 12.8 Å². The molecule has 2 atom stereocenters. The van der Waals surface area contributed by atoms with Crippen molar-refractivity contribution in [1.82, 2.24) is 10.6 Å². The fourth-order valence-electron chi connectivity index (χ4n) is 1.99. The number of hydrogen-bond acceptors (Lipinski definition) is 3. The zero-order chi connectivity index (χ0) is 13.7. The average molecular weight is 258 g/mol. The van der Waals surface area contributed by atoms with Crippen LogP contribution in [0.5, 0.6) is 0 Å². The highest BCUT2D eigenvalue weighted by Crippen LogP contribution is 2.18. The topological polar surface area (TPSA) is 98.7 Å². The van der Waals surface area contributed by atoms with Gasteiger partial charge in [0.25, 0.3) is 0 Å². The number of carbonyl (C=O) groups excluding carboxylic acids is 1. The average Bonchev–Trinajstić information content (AvgIpc) is 2.30. The number of urea groups is 1. The summed E-state index contributed by atoms with van der Waals surface area (Å²) in [5, 5.41) is 23.6. The van der Waals surface area contributed by atoms with Crippen molar-refractivity contribution in [2.24, 2.45) is 5.92 Å². The lowest BCUT2D eigenvalue weighted by Crippen LogP contribution is -2.49. The number of carboxylic acids is 1. The largest absolute Gasteiger partial charge is 0.481 e. The van der Waals surface area contributed by atoms with Gasteiger partial charge in [-0.05, 0) is 39.5 Å².